The molecule has 0 spiro atoms. The van der Waals surface area contributed by atoms with Gasteiger partial charge in [-0.3, -0.25) is 0 Å². The monoisotopic (exact) mass is 432 g/mol. The van der Waals surface area contributed by atoms with Crippen LogP contribution < -0.4 is 10.6 Å². The molecule has 0 aliphatic rings. The molecule has 0 fully saturated rings. The smallest absolute Gasteiger partial charge is 0.191 e. The first-order valence-electron chi connectivity index (χ1n) is 8.25. The summed E-state index contributed by atoms with van der Waals surface area (Å²) in [5.41, 5.74) is 1.23. The van der Waals surface area contributed by atoms with Gasteiger partial charge in [0, 0.05) is 19.1 Å². The number of benzene rings is 1. The maximum atomic E-state index is 4.67. The van der Waals surface area contributed by atoms with Crippen molar-refractivity contribution in [3.8, 4) is 0 Å². The molecule has 1 atom stereocenters. The topological polar surface area (TPSA) is 39.7 Å². The first-order valence-corrected chi connectivity index (χ1v) is 8.25. The third-order valence-corrected chi connectivity index (χ3v) is 3.59. The fraction of sp³-hybridized carbons (Fsp3) is 0.611. The Morgan fingerprint density at radius 3 is 2.30 bits per heavy atom. The molecule has 2 N–H and O–H groups in total. The minimum atomic E-state index is 0. The van der Waals surface area contributed by atoms with Crippen LogP contribution in [0.1, 0.15) is 32.8 Å². The molecular weight excluding hydrogens is 399 g/mol. The van der Waals surface area contributed by atoms with E-state index >= 15 is 0 Å². The summed E-state index contributed by atoms with van der Waals surface area (Å²) in [5.74, 6) is 1.58. The van der Waals surface area contributed by atoms with Crippen molar-refractivity contribution in [1.29, 1.82) is 0 Å². The van der Waals surface area contributed by atoms with Crippen molar-refractivity contribution < 1.29 is 0 Å². The van der Waals surface area contributed by atoms with Crippen LogP contribution in [0.5, 0.6) is 0 Å². The van der Waals surface area contributed by atoms with Crippen molar-refractivity contribution >= 4 is 29.9 Å². The number of halogens is 1. The molecule has 1 rings (SSSR count). The predicted octanol–water partition coefficient (Wildman–Crippen LogP) is 3.34. The van der Waals surface area contributed by atoms with E-state index in [9.17, 15) is 0 Å². The molecule has 1 aromatic carbocycles. The predicted molar refractivity (Wildman–Crippen MR) is 112 cm³/mol. The van der Waals surface area contributed by atoms with E-state index in [4.69, 9.17) is 0 Å². The van der Waals surface area contributed by atoms with Crippen molar-refractivity contribution in [3.63, 3.8) is 0 Å². The van der Waals surface area contributed by atoms with Gasteiger partial charge in [-0.1, -0.05) is 44.2 Å². The molecule has 5 heteroatoms. The molecule has 4 nitrogen and oxygen atoms in total. The van der Waals surface area contributed by atoms with Gasteiger partial charge in [-0.05, 0) is 38.9 Å². The first-order chi connectivity index (χ1) is 10.5. The lowest BCUT2D eigenvalue weighted by molar-refractivity contribution is 0.254. The number of aliphatic imine (C=N–C) groups is 1. The van der Waals surface area contributed by atoms with Crippen molar-refractivity contribution in [2.75, 3.05) is 27.2 Å². The van der Waals surface area contributed by atoms with Gasteiger partial charge in [-0.25, -0.2) is 4.99 Å². The van der Waals surface area contributed by atoms with Gasteiger partial charge in [0.25, 0.3) is 0 Å². The summed E-state index contributed by atoms with van der Waals surface area (Å²) in [4.78, 5) is 6.96. The van der Waals surface area contributed by atoms with Gasteiger partial charge in [0.2, 0.25) is 0 Å². The fourth-order valence-electron chi connectivity index (χ4n) is 2.33. The molecule has 0 heterocycles. The summed E-state index contributed by atoms with van der Waals surface area (Å²) in [6.45, 7) is 9.11. The number of hydrogen-bond acceptors (Lipinski definition) is 2. The molecule has 0 saturated heterocycles. The van der Waals surface area contributed by atoms with Gasteiger partial charge < -0.3 is 15.5 Å². The number of nitrogens with zero attached hydrogens (tertiary/aromatic N) is 2. The first kappa shape index (κ1) is 22.2. The van der Waals surface area contributed by atoms with Crippen molar-refractivity contribution in [2.45, 2.75) is 39.8 Å². The minimum absolute atomic E-state index is 0. The molecule has 23 heavy (non-hydrogen) atoms. The van der Waals surface area contributed by atoms with Crippen molar-refractivity contribution in [1.82, 2.24) is 15.5 Å². The second-order valence-corrected chi connectivity index (χ2v) is 6.31. The lowest BCUT2D eigenvalue weighted by Gasteiger charge is -2.27. The van der Waals surface area contributed by atoms with E-state index in [2.05, 4.69) is 79.7 Å². The van der Waals surface area contributed by atoms with Gasteiger partial charge in [0.15, 0.2) is 5.96 Å². The van der Waals surface area contributed by atoms with Gasteiger partial charge >= 0.3 is 0 Å². The van der Waals surface area contributed by atoms with E-state index in [1.54, 1.807) is 0 Å². The Kier molecular flexibility index (Phi) is 12.1. The summed E-state index contributed by atoms with van der Waals surface area (Å²) in [6, 6.07) is 10.9. The third kappa shape index (κ3) is 9.81. The zero-order valence-corrected chi connectivity index (χ0v) is 17.5. The van der Waals surface area contributed by atoms with Crippen molar-refractivity contribution in [2.24, 2.45) is 10.9 Å². The van der Waals surface area contributed by atoms with Gasteiger partial charge in [-0.15, -0.1) is 24.0 Å². The van der Waals surface area contributed by atoms with Crippen LogP contribution in [0.3, 0.4) is 0 Å². The maximum Gasteiger partial charge on any atom is 0.191 e. The Morgan fingerprint density at radius 1 is 1.13 bits per heavy atom. The SMILES string of the molecule is CCNC(=NCc1ccccc1)NCC(CC(C)C)N(C)C.I. The van der Waals surface area contributed by atoms with E-state index in [0.29, 0.717) is 18.5 Å². The zero-order valence-electron chi connectivity index (χ0n) is 15.2. The maximum absolute atomic E-state index is 4.67. The average molecular weight is 432 g/mol. The Balaban J connectivity index is 0.00000484. The van der Waals surface area contributed by atoms with Gasteiger partial charge in [0.1, 0.15) is 0 Å². The molecule has 0 aliphatic carbocycles. The highest BCUT2D eigenvalue weighted by Gasteiger charge is 2.13. The number of guanidine groups is 1. The summed E-state index contributed by atoms with van der Waals surface area (Å²) in [5, 5.41) is 6.80. The van der Waals surface area contributed by atoms with Gasteiger partial charge in [-0.2, -0.15) is 0 Å². The van der Waals surface area contributed by atoms with Crippen LogP contribution in [-0.4, -0.2) is 44.1 Å². The molecule has 1 unspecified atom stereocenters. The highest BCUT2D eigenvalue weighted by atomic mass is 127. The molecule has 1 aromatic rings. The number of hydrogen-bond donors (Lipinski definition) is 2. The Morgan fingerprint density at radius 2 is 1.78 bits per heavy atom. The number of rotatable bonds is 8. The average Bonchev–Trinajstić information content (AvgIpc) is 2.49. The zero-order chi connectivity index (χ0) is 16.4. The Hall–Kier alpha value is -0.820. The molecule has 132 valence electrons. The molecule has 0 bridgehead atoms. The second kappa shape index (κ2) is 12.6. The Bertz CT molecular complexity index is 432. The highest BCUT2D eigenvalue weighted by molar-refractivity contribution is 14.0. The molecule has 0 aliphatic heterocycles. The largest absolute Gasteiger partial charge is 0.357 e. The van der Waals surface area contributed by atoms with Gasteiger partial charge in [0.05, 0.1) is 6.54 Å². The van der Waals surface area contributed by atoms with E-state index in [1.807, 2.05) is 6.07 Å². The van der Waals surface area contributed by atoms with Crippen LogP contribution in [0.2, 0.25) is 0 Å². The summed E-state index contributed by atoms with van der Waals surface area (Å²) >= 11 is 0. The lowest BCUT2D eigenvalue weighted by Crippen LogP contribution is -2.45. The fourth-order valence-corrected chi connectivity index (χ4v) is 2.33. The lowest BCUT2D eigenvalue weighted by atomic mass is 10.0. The molecule has 0 radical (unpaired) electrons. The highest BCUT2D eigenvalue weighted by Crippen LogP contribution is 2.08. The van der Waals surface area contributed by atoms with E-state index in [-0.39, 0.29) is 24.0 Å². The Labute approximate surface area is 159 Å². The standard InChI is InChI=1S/C18H32N4.HI/c1-6-19-18(20-13-16-10-8-7-9-11-16)21-14-17(22(4)5)12-15(2)3;/h7-11,15,17H,6,12-14H2,1-5H3,(H2,19,20,21);1H. The molecule has 0 aromatic heterocycles. The van der Waals surface area contributed by atoms with Crippen LogP contribution in [0.15, 0.2) is 35.3 Å². The normalized spacial score (nSPS) is 12.9. The van der Waals surface area contributed by atoms with E-state index in [0.717, 1.165) is 19.0 Å². The second-order valence-electron chi connectivity index (χ2n) is 6.31. The van der Waals surface area contributed by atoms with E-state index < -0.39 is 0 Å². The van der Waals surface area contributed by atoms with Crippen LogP contribution >= 0.6 is 24.0 Å². The number of nitrogens with one attached hydrogen (secondary N) is 2. The van der Waals surface area contributed by atoms with Crippen molar-refractivity contribution in [3.05, 3.63) is 35.9 Å². The summed E-state index contributed by atoms with van der Waals surface area (Å²) < 4.78 is 0. The molecule has 0 saturated carbocycles. The number of likely N-dealkylation sites (N-methyl/N-ethyl adjacent to an activating group) is 1. The minimum Gasteiger partial charge on any atom is -0.357 e. The summed E-state index contributed by atoms with van der Waals surface area (Å²) in [6.07, 6.45) is 1.18. The molecular formula is C18H33IN4. The van der Waals surface area contributed by atoms with Crippen LogP contribution in [0, 0.1) is 5.92 Å². The summed E-state index contributed by atoms with van der Waals surface area (Å²) in [7, 11) is 4.28. The third-order valence-electron chi connectivity index (χ3n) is 3.59. The molecule has 0 amide bonds. The van der Waals surface area contributed by atoms with Crippen LogP contribution in [0.4, 0.5) is 0 Å². The quantitative estimate of drug-likeness (QED) is 0.376. The van der Waals surface area contributed by atoms with Crippen LogP contribution in [0.25, 0.3) is 0 Å². The van der Waals surface area contributed by atoms with Crippen LogP contribution in [-0.2, 0) is 6.54 Å². The van der Waals surface area contributed by atoms with E-state index in [1.165, 1.54) is 12.0 Å².